The van der Waals surface area contributed by atoms with Crippen molar-refractivity contribution < 1.29 is 4.74 Å². The lowest BCUT2D eigenvalue weighted by molar-refractivity contribution is 0.405. The molecule has 2 heteroatoms. The van der Waals surface area contributed by atoms with Crippen LogP contribution in [0.4, 0.5) is 0 Å². The van der Waals surface area contributed by atoms with Gasteiger partial charge in [0, 0.05) is 12.1 Å². The van der Waals surface area contributed by atoms with Crippen molar-refractivity contribution in [1.29, 1.82) is 0 Å². The van der Waals surface area contributed by atoms with Crippen molar-refractivity contribution in [2.75, 3.05) is 7.11 Å². The van der Waals surface area contributed by atoms with Gasteiger partial charge in [0.15, 0.2) is 0 Å². The van der Waals surface area contributed by atoms with E-state index in [0.29, 0.717) is 12.5 Å². The summed E-state index contributed by atoms with van der Waals surface area (Å²) in [6, 6.07) is 4.23. The third kappa shape index (κ3) is 1.90. The molecular formula is C12H19NO. The number of methoxy groups -OCH3 is 1. The summed E-state index contributed by atoms with van der Waals surface area (Å²) in [5.41, 5.74) is 9.33. The van der Waals surface area contributed by atoms with Gasteiger partial charge in [-0.3, -0.25) is 0 Å². The van der Waals surface area contributed by atoms with Crippen LogP contribution in [-0.4, -0.2) is 7.11 Å². The fourth-order valence-electron chi connectivity index (χ4n) is 1.80. The van der Waals surface area contributed by atoms with Gasteiger partial charge in [-0.15, -0.1) is 0 Å². The van der Waals surface area contributed by atoms with Crippen molar-refractivity contribution in [2.45, 2.75) is 33.2 Å². The van der Waals surface area contributed by atoms with Gasteiger partial charge in [0.05, 0.1) is 7.11 Å². The Bertz CT molecular complexity index is 318. The molecule has 0 atom stereocenters. The van der Waals surface area contributed by atoms with Crippen molar-refractivity contribution in [3.05, 3.63) is 28.8 Å². The molecule has 0 amide bonds. The summed E-state index contributed by atoms with van der Waals surface area (Å²) in [5, 5.41) is 0. The molecule has 0 saturated carbocycles. The first-order valence-corrected chi connectivity index (χ1v) is 4.98. The third-order valence-electron chi connectivity index (χ3n) is 2.52. The fraction of sp³-hybridized carbons (Fsp3) is 0.500. The van der Waals surface area contributed by atoms with Crippen LogP contribution in [0.2, 0.25) is 0 Å². The van der Waals surface area contributed by atoms with Crippen molar-refractivity contribution in [1.82, 2.24) is 0 Å². The van der Waals surface area contributed by atoms with Gasteiger partial charge in [-0.05, 0) is 24.0 Å². The van der Waals surface area contributed by atoms with Crippen LogP contribution in [0.25, 0.3) is 0 Å². The van der Waals surface area contributed by atoms with Crippen LogP contribution in [0.5, 0.6) is 5.75 Å². The van der Waals surface area contributed by atoms with Gasteiger partial charge in [-0.25, -0.2) is 0 Å². The number of hydrogen-bond donors (Lipinski definition) is 1. The quantitative estimate of drug-likeness (QED) is 0.800. The molecule has 0 aliphatic rings. The molecule has 14 heavy (non-hydrogen) atoms. The van der Waals surface area contributed by atoms with E-state index < -0.39 is 0 Å². The molecule has 1 rings (SSSR count). The molecule has 0 aliphatic heterocycles. The zero-order valence-electron chi connectivity index (χ0n) is 9.42. The predicted octanol–water partition coefficient (Wildman–Crippen LogP) is 2.59. The summed E-state index contributed by atoms with van der Waals surface area (Å²) in [7, 11) is 1.70. The first kappa shape index (κ1) is 11.1. The predicted molar refractivity (Wildman–Crippen MR) is 59.7 cm³/mol. The number of benzene rings is 1. The van der Waals surface area contributed by atoms with E-state index in [1.165, 1.54) is 5.56 Å². The van der Waals surface area contributed by atoms with E-state index in [-0.39, 0.29) is 0 Å². The minimum atomic E-state index is 0.489. The van der Waals surface area contributed by atoms with Crippen molar-refractivity contribution in [3.8, 4) is 5.75 Å². The van der Waals surface area contributed by atoms with Crippen LogP contribution in [0.15, 0.2) is 12.1 Å². The summed E-state index contributed by atoms with van der Waals surface area (Å²) < 4.78 is 5.38. The van der Waals surface area contributed by atoms with E-state index >= 15 is 0 Å². The Kier molecular flexibility index (Phi) is 3.53. The first-order valence-electron chi connectivity index (χ1n) is 4.98. The van der Waals surface area contributed by atoms with Crippen LogP contribution in [0.3, 0.4) is 0 Å². The Morgan fingerprint density at radius 2 is 2.00 bits per heavy atom. The number of nitrogens with two attached hydrogens (primary N) is 1. The summed E-state index contributed by atoms with van der Waals surface area (Å²) in [6.07, 6.45) is 0. The zero-order chi connectivity index (χ0) is 10.7. The highest BCUT2D eigenvalue weighted by Gasteiger charge is 2.12. The number of aryl methyl sites for hydroxylation is 1. The largest absolute Gasteiger partial charge is 0.496 e. The second-order valence-corrected chi connectivity index (χ2v) is 3.84. The molecule has 0 radical (unpaired) electrons. The standard InChI is InChI=1S/C12H19NO/c1-8(2)10-6-5-9(3)12(14-4)11(10)7-13/h5-6,8H,7,13H2,1-4H3. The van der Waals surface area contributed by atoms with Crippen molar-refractivity contribution in [3.63, 3.8) is 0 Å². The SMILES string of the molecule is COc1c(C)ccc(C(C)C)c1CN. The fourth-order valence-corrected chi connectivity index (χ4v) is 1.80. The molecule has 0 bridgehead atoms. The highest BCUT2D eigenvalue weighted by atomic mass is 16.5. The second-order valence-electron chi connectivity index (χ2n) is 3.84. The van der Waals surface area contributed by atoms with Crippen LogP contribution in [0, 0.1) is 6.92 Å². The van der Waals surface area contributed by atoms with Gasteiger partial charge in [0.25, 0.3) is 0 Å². The maximum atomic E-state index is 5.75. The van der Waals surface area contributed by atoms with E-state index in [9.17, 15) is 0 Å². The molecule has 0 unspecified atom stereocenters. The van der Waals surface area contributed by atoms with E-state index in [2.05, 4.69) is 26.0 Å². The zero-order valence-corrected chi connectivity index (χ0v) is 9.42. The molecule has 0 aromatic heterocycles. The smallest absolute Gasteiger partial charge is 0.126 e. The minimum absolute atomic E-state index is 0.489. The van der Waals surface area contributed by atoms with Gasteiger partial charge < -0.3 is 10.5 Å². The maximum Gasteiger partial charge on any atom is 0.126 e. The monoisotopic (exact) mass is 193 g/mol. The Balaban J connectivity index is 3.33. The van der Waals surface area contributed by atoms with Gasteiger partial charge >= 0.3 is 0 Å². The topological polar surface area (TPSA) is 35.2 Å². The summed E-state index contributed by atoms with van der Waals surface area (Å²) in [6.45, 7) is 6.92. The van der Waals surface area contributed by atoms with Crippen LogP contribution in [0.1, 0.15) is 36.5 Å². The van der Waals surface area contributed by atoms with Gasteiger partial charge in [0.1, 0.15) is 5.75 Å². The molecule has 0 aliphatic carbocycles. The number of hydrogen-bond acceptors (Lipinski definition) is 2. The molecule has 2 N–H and O–H groups in total. The first-order chi connectivity index (χ1) is 6.61. The molecule has 2 nitrogen and oxygen atoms in total. The normalized spacial score (nSPS) is 10.7. The lowest BCUT2D eigenvalue weighted by Crippen LogP contribution is -2.06. The van der Waals surface area contributed by atoms with Crippen LogP contribution < -0.4 is 10.5 Å². The van der Waals surface area contributed by atoms with Gasteiger partial charge in [-0.1, -0.05) is 26.0 Å². The van der Waals surface area contributed by atoms with Crippen LogP contribution >= 0.6 is 0 Å². The Morgan fingerprint density at radius 3 is 2.43 bits per heavy atom. The Labute approximate surface area is 86.1 Å². The molecule has 1 aromatic carbocycles. The summed E-state index contributed by atoms with van der Waals surface area (Å²) >= 11 is 0. The lowest BCUT2D eigenvalue weighted by atomic mass is 9.94. The van der Waals surface area contributed by atoms with E-state index in [0.717, 1.165) is 16.9 Å². The highest BCUT2D eigenvalue weighted by Crippen LogP contribution is 2.30. The number of rotatable bonds is 3. The molecular weight excluding hydrogens is 174 g/mol. The molecule has 0 fully saturated rings. The van der Waals surface area contributed by atoms with Gasteiger partial charge in [-0.2, -0.15) is 0 Å². The number of ether oxygens (including phenoxy) is 1. The maximum absolute atomic E-state index is 5.75. The summed E-state index contributed by atoms with van der Waals surface area (Å²) in [4.78, 5) is 0. The second kappa shape index (κ2) is 4.47. The molecule has 1 aromatic rings. The average Bonchev–Trinajstić information content (AvgIpc) is 2.16. The van der Waals surface area contributed by atoms with E-state index in [1.54, 1.807) is 7.11 Å². The summed E-state index contributed by atoms with van der Waals surface area (Å²) in [5.74, 6) is 1.43. The molecule has 78 valence electrons. The average molecular weight is 193 g/mol. The van der Waals surface area contributed by atoms with E-state index in [4.69, 9.17) is 10.5 Å². The Hall–Kier alpha value is -1.02. The van der Waals surface area contributed by atoms with Crippen molar-refractivity contribution in [2.24, 2.45) is 5.73 Å². The minimum Gasteiger partial charge on any atom is -0.496 e. The third-order valence-corrected chi connectivity index (χ3v) is 2.52. The van der Waals surface area contributed by atoms with Crippen LogP contribution in [-0.2, 0) is 6.54 Å². The van der Waals surface area contributed by atoms with E-state index in [1.807, 2.05) is 6.92 Å². The molecule has 0 heterocycles. The van der Waals surface area contributed by atoms with Gasteiger partial charge in [0.2, 0.25) is 0 Å². The molecule has 0 saturated heterocycles. The lowest BCUT2D eigenvalue weighted by Gasteiger charge is -2.17. The van der Waals surface area contributed by atoms with Crippen molar-refractivity contribution >= 4 is 0 Å². The Morgan fingerprint density at radius 1 is 1.36 bits per heavy atom. The molecule has 0 spiro atoms. The highest BCUT2D eigenvalue weighted by molar-refractivity contribution is 5.47.